The van der Waals surface area contributed by atoms with Crippen LogP contribution in [0.25, 0.3) is 0 Å². The topological polar surface area (TPSA) is 49.3 Å². The Morgan fingerprint density at radius 1 is 1.21 bits per heavy atom. The second-order valence-corrected chi connectivity index (χ2v) is 5.85. The van der Waals surface area contributed by atoms with Crippen molar-refractivity contribution >= 4 is 5.97 Å². The number of aliphatic carboxylic acids is 1. The summed E-state index contributed by atoms with van der Waals surface area (Å²) in [5, 5.41) is 13.3. The molecule has 3 heteroatoms. The van der Waals surface area contributed by atoms with Crippen LogP contribution in [0.15, 0.2) is 24.3 Å². The summed E-state index contributed by atoms with van der Waals surface area (Å²) in [5.74, 6) is -0.716. The third-order valence-corrected chi connectivity index (χ3v) is 4.65. The highest BCUT2D eigenvalue weighted by Gasteiger charge is 2.44. The highest BCUT2D eigenvalue weighted by molar-refractivity contribution is 5.82. The van der Waals surface area contributed by atoms with E-state index in [0.717, 1.165) is 31.2 Å². The van der Waals surface area contributed by atoms with Crippen molar-refractivity contribution in [2.24, 2.45) is 0 Å². The number of carbonyl (C=O) groups is 1. The number of nitrogens with one attached hydrogen (secondary N) is 1. The Labute approximate surface area is 114 Å². The minimum Gasteiger partial charge on any atom is -0.480 e. The van der Waals surface area contributed by atoms with Gasteiger partial charge in [-0.1, -0.05) is 37.1 Å². The van der Waals surface area contributed by atoms with Crippen molar-refractivity contribution in [2.75, 3.05) is 0 Å². The minimum absolute atomic E-state index is 0.363. The van der Waals surface area contributed by atoms with E-state index >= 15 is 0 Å². The molecule has 1 aromatic carbocycles. The van der Waals surface area contributed by atoms with Gasteiger partial charge in [-0.15, -0.1) is 0 Å². The third-order valence-electron chi connectivity index (χ3n) is 4.65. The molecule has 0 heterocycles. The Morgan fingerprint density at radius 2 is 1.95 bits per heavy atom. The maximum atomic E-state index is 12.0. The standard InChI is InChI=1S/C16H21NO2/c18-15(19)16(17-13-8-2-3-9-13)11-5-7-12-6-1-4-10-14(12)16/h1,4,6,10,13,17H,2-3,5,7-9,11H2,(H,18,19). The van der Waals surface area contributed by atoms with Crippen LogP contribution in [0.1, 0.15) is 49.7 Å². The highest BCUT2D eigenvalue weighted by Crippen LogP contribution is 2.37. The number of carboxylic acids is 1. The molecular weight excluding hydrogens is 238 g/mol. The van der Waals surface area contributed by atoms with Crippen LogP contribution in [0.3, 0.4) is 0 Å². The first kappa shape index (κ1) is 12.7. The normalized spacial score (nSPS) is 27.2. The monoisotopic (exact) mass is 259 g/mol. The second kappa shape index (κ2) is 4.97. The minimum atomic E-state index is -0.857. The lowest BCUT2D eigenvalue weighted by molar-refractivity contribution is -0.146. The van der Waals surface area contributed by atoms with Crippen LogP contribution >= 0.6 is 0 Å². The first-order chi connectivity index (χ1) is 9.22. The van der Waals surface area contributed by atoms with Gasteiger partial charge in [0, 0.05) is 6.04 Å². The van der Waals surface area contributed by atoms with Crippen LogP contribution in [-0.4, -0.2) is 17.1 Å². The molecule has 1 saturated carbocycles. The molecule has 0 spiro atoms. The maximum Gasteiger partial charge on any atom is 0.328 e. The Hall–Kier alpha value is -1.35. The molecule has 2 N–H and O–H groups in total. The zero-order chi connectivity index (χ0) is 13.3. The van der Waals surface area contributed by atoms with Crippen molar-refractivity contribution in [1.82, 2.24) is 5.32 Å². The number of benzene rings is 1. The first-order valence-electron chi connectivity index (χ1n) is 7.32. The van der Waals surface area contributed by atoms with Crippen LogP contribution < -0.4 is 5.32 Å². The van der Waals surface area contributed by atoms with E-state index in [2.05, 4.69) is 11.4 Å². The van der Waals surface area contributed by atoms with E-state index < -0.39 is 11.5 Å². The summed E-state index contributed by atoms with van der Waals surface area (Å²) in [5.41, 5.74) is 1.33. The van der Waals surface area contributed by atoms with E-state index in [1.807, 2.05) is 18.2 Å². The Morgan fingerprint density at radius 3 is 2.68 bits per heavy atom. The molecule has 3 rings (SSSR count). The summed E-state index contributed by atoms with van der Waals surface area (Å²) in [6.45, 7) is 0. The molecule has 0 aromatic heterocycles. The molecule has 2 aliphatic carbocycles. The summed E-state index contributed by atoms with van der Waals surface area (Å²) >= 11 is 0. The fourth-order valence-corrected chi connectivity index (χ4v) is 3.69. The molecule has 0 radical (unpaired) electrons. The Balaban J connectivity index is 1.99. The predicted molar refractivity (Wildman–Crippen MR) is 74.1 cm³/mol. The molecule has 1 fully saturated rings. The van der Waals surface area contributed by atoms with Crippen LogP contribution in [-0.2, 0) is 16.8 Å². The molecule has 1 aromatic rings. The molecule has 3 nitrogen and oxygen atoms in total. The molecule has 0 aliphatic heterocycles. The van der Waals surface area contributed by atoms with Gasteiger partial charge in [0.1, 0.15) is 5.54 Å². The zero-order valence-electron chi connectivity index (χ0n) is 11.2. The van der Waals surface area contributed by atoms with E-state index in [9.17, 15) is 9.90 Å². The van der Waals surface area contributed by atoms with Gasteiger partial charge in [0.25, 0.3) is 0 Å². The molecule has 102 valence electrons. The summed E-state index contributed by atoms with van der Waals surface area (Å²) in [7, 11) is 0. The molecule has 19 heavy (non-hydrogen) atoms. The lowest BCUT2D eigenvalue weighted by Gasteiger charge is -2.38. The lowest BCUT2D eigenvalue weighted by atomic mass is 9.76. The quantitative estimate of drug-likeness (QED) is 0.877. The van der Waals surface area contributed by atoms with Crippen molar-refractivity contribution in [1.29, 1.82) is 0 Å². The molecule has 2 aliphatic rings. The molecule has 1 atom stereocenters. The van der Waals surface area contributed by atoms with Gasteiger partial charge in [-0.2, -0.15) is 0 Å². The number of aryl methyl sites for hydroxylation is 1. The van der Waals surface area contributed by atoms with E-state index in [4.69, 9.17) is 0 Å². The van der Waals surface area contributed by atoms with Crippen LogP contribution in [0.5, 0.6) is 0 Å². The number of hydrogen-bond donors (Lipinski definition) is 2. The van der Waals surface area contributed by atoms with Crippen molar-refractivity contribution in [2.45, 2.75) is 56.5 Å². The summed E-state index contributed by atoms with van der Waals surface area (Å²) < 4.78 is 0. The van der Waals surface area contributed by atoms with Gasteiger partial charge in [-0.05, 0) is 43.2 Å². The summed E-state index contributed by atoms with van der Waals surface area (Å²) in [6, 6.07) is 8.39. The molecule has 1 unspecified atom stereocenters. The Kier molecular flexibility index (Phi) is 3.31. The number of rotatable bonds is 3. The van der Waals surface area contributed by atoms with E-state index in [1.54, 1.807) is 0 Å². The van der Waals surface area contributed by atoms with E-state index in [0.29, 0.717) is 12.5 Å². The smallest absolute Gasteiger partial charge is 0.328 e. The van der Waals surface area contributed by atoms with Gasteiger partial charge in [0.2, 0.25) is 0 Å². The van der Waals surface area contributed by atoms with Crippen LogP contribution in [0.4, 0.5) is 0 Å². The fourth-order valence-electron chi connectivity index (χ4n) is 3.69. The zero-order valence-corrected chi connectivity index (χ0v) is 11.2. The molecule has 0 saturated heterocycles. The van der Waals surface area contributed by atoms with Gasteiger partial charge in [0.15, 0.2) is 0 Å². The van der Waals surface area contributed by atoms with E-state index in [-0.39, 0.29) is 0 Å². The van der Waals surface area contributed by atoms with Crippen molar-refractivity contribution < 1.29 is 9.90 Å². The predicted octanol–water partition coefficient (Wildman–Crippen LogP) is 2.84. The van der Waals surface area contributed by atoms with Gasteiger partial charge < -0.3 is 5.11 Å². The number of fused-ring (bicyclic) bond motifs is 1. The van der Waals surface area contributed by atoms with Crippen molar-refractivity contribution in [3.05, 3.63) is 35.4 Å². The van der Waals surface area contributed by atoms with Crippen molar-refractivity contribution in [3.8, 4) is 0 Å². The maximum absolute atomic E-state index is 12.0. The van der Waals surface area contributed by atoms with Gasteiger partial charge in [-0.3, -0.25) is 5.32 Å². The lowest BCUT2D eigenvalue weighted by Crippen LogP contribution is -2.54. The van der Waals surface area contributed by atoms with Gasteiger partial charge in [-0.25, -0.2) is 4.79 Å². The average Bonchev–Trinajstić information content (AvgIpc) is 2.91. The third kappa shape index (κ3) is 2.16. The first-order valence-corrected chi connectivity index (χ1v) is 7.32. The number of carboxylic acid groups (broad SMARTS) is 1. The molecule has 0 bridgehead atoms. The average molecular weight is 259 g/mol. The summed E-state index contributed by atoms with van der Waals surface area (Å²) in [4.78, 5) is 12.0. The number of hydrogen-bond acceptors (Lipinski definition) is 2. The second-order valence-electron chi connectivity index (χ2n) is 5.85. The molecule has 0 amide bonds. The van der Waals surface area contributed by atoms with Gasteiger partial charge >= 0.3 is 5.97 Å². The fraction of sp³-hybridized carbons (Fsp3) is 0.562. The largest absolute Gasteiger partial charge is 0.480 e. The Bertz CT molecular complexity index is 479. The SMILES string of the molecule is O=C(O)C1(NC2CCCC2)CCCc2ccccc21. The van der Waals surface area contributed by atoms with Crippen LogP contribution in [0, 0.1) is 0 Å². The molecular formula is C16H21NO2. The van der Waals surface area contributed by atoms with Gasteiger partial charge in [0.05, 0.1) is 0 Å². The summed E-state index contributed by atoms with van der Waals surface area (Å²) in [6.07, 6.45) is 7.30. The highest BCUT2D eigenvalue weighted by atomic mass is 16.4. The van der Waals surface area contributed by atoms with Crippen LogP contribution in [0.2, 0.25) is 0 Å². The van der Waals surface area contributed by atoms with Crippen molar-refractivity contribution in [3.63, 3.8) is 0 Å². The van der Waals surface area contributed by atoms with E-state index in [1.165, 1.54) is 18.4 Å².